The number of ether oxygens (including phenoxy) is 1. The van der Waals surface area contributed by atoms with Crippen molar-refractivity contribution in [3.05, 3.63) is 0 Å². The number of carboxylic acids is 1. The molecule has 0 aromatic heterocycles. The van der Waals surface area contributed by atoms with Crippen LogP contribution in [0.5, 0.6) is 0 Å². The summed E-state index contributed by atoms with van der Waals surface area (Å²) in [4.78, 5) is 10.3. The highest BCUT2D eigenvalue weighted by Gasteiger charge is 2.28. The molecule has 1 heterocycles. The minimum absolute atomic E-state index is 0.0574. The lowest BCUT2D eigenvalue weighted by molar-refractivity contribution is -0.137. The van der Waals surface area contributed by atoms with E-state index in [1.54, 1.807) is 0 Å². The summed E-state index contributed by atoms with van der Waals surface area (Å²) in [5.41, 5.74) is -0.0574. The van der Waals surface area contributed by atoms with Gasteiger partial charge in [0.1, 0.15) is 0 Å². The van der Waals surface area contributed by atoms with E-state index in [1.165, 1.54) is 0 Å². The molecule has 18 heavy (non-hydrogen) atoms. The zero-order valence-corrected chi connectivity index (χ0v) is 11.5. The molecule has 106 valence electrons. The average molecular weight is 279 g/mol. The summed E-state index contributed by atoms with van der Waals surface area (Å²) in [5.74, 6) is -1.10. The summed E-state index contributed by atoms with van der Waals surface area (Å²) < 4.78 is 31.1. The molecule has 0 saturated carbocycles. The molecule has 0 aliphatic carbocycles. The van der Waals surface area contributed by atoms with Crippen molar-refractivity contribution in [1.29, 1.82) is 0 Å². The van der Waals surface area contributed by atoms with Gasteiger partial charge in [-0.1, -0.05) is 6.92 Å². The zero-order chi connectivity index (χ0) is 13.6. The topological polar surface area (TPSA) is 92.7 Å². The van der Waals surface area contributed by atoms with Gasteiger partial charge in [-0.05, 0) is 24.7 Å². The molecule has 0 amide bonds. The number of carbonyl (C=O) groups is 1. The van der Waals surface area contributed by atoms with Gasteiger partial charge in [-0.2, -0.15) is 0 Å². The predicted octanol–water partition coefficient (Wildman–Crippen LogP) is 0.587. The van der Waals surface area contributed by atoms with E-state index in [1.807, 2.05) is 6.92 Å². The van der Waals surface area contributed by atoms with Crippen LogP contribution in [0.25, 0.3) is 0 Å². The first-order valence-electron chi connectivity index (χ1n) is 6.10. The van der Waals surface area contributed by atoms with Gasteiger partial charge in [0.05, 0.1) is 5.75 Å². The summed E-state index contributed by atoms with van der Waals surface area (Å²) in [6.45, 7) is 3.76. The van der Waals surface area contributed by atoms with Gasteiger partial charge in [-0.15, -0.1) is 0 Å². The number of rotatable bonds is 7. The van der Waals surface area contributed by atoms with E-state index in [0.29, 0.717) is 19.8 Å². The largest absolute Gasteiger partial charge is 0.481 e. The lowest BCUT2D eigenvalue weighted by Crippen LogP contribution is -2.40. The van der Waals surface area contributed by atoms with E-state index >= 15 is 0 Å². The van der Waals surface area contributed by atoms with Crippen molar-refractivity contribution in [2.24, 2.45) is 5.41 Å². The maximum atomic E-state index is 11.7. The normalized spacial score (nSPS) is 19.6. The number of carboxylic acid groups (broad SMARTS) is 1. The Labute approximate surface area is 108 Å². The minimum Gasteiger partial charge on any atom is -0.481 e. The minimum atomic E-state index is -3.37. The van der Waals surface area contributed by atoms with Gasteiger partial charge < -0.3 is 9.84 Å². The fourth-order valence-corrected chi connectivity index (χ4v) is 3.05. The van der Waals surface area contributed by atoms with Crippen LogP contribution in [0.1, 0.15) is 32.6 Å². The Kier molecular flexibility index (Phi) is 5.55. The molecular weight excluding hydrogens is 258 g/mol. The van der Waals surface area contributed by atoms with E-state index in [-0.39, 0.29) is 24.0 Å². The van der Waals surface area contributed by atoms with Gasteiger partial charge in [-0.25, -0.2) is 13.1 Å². The number of aliphatic carboxylic acids is 1. The molecule has 0 bridgehead atoms. The fraction of sp³-hybridized carbons (Fsp3) is 0.909. The average Bonchev–Trinajstić information content (AvgIpc) is 2.27. The summed E-state index contributed by atoms with van der Waals surface area (Å²) in [5, 5.41) is 8.46. The molecule has 0 aromatic rings. The second kappa shape index (κ2) is 6.49. The summed E-state index contributed by atoms with van der Waals surface area (Å²) in [7, 11) is -3.37. The molecule has 1 fully saturated rings. The third-order valence-electron chi connectivity index (χ3n) is 3.22. The van der Waals surface area contributed by atoms with Crippen molar-refractivity contribution in [1.82, 2.24) is 4.72 Å². The first kappa shape index (κ1) is 15.4. The maximum absolute atomic E-state index is 11.7. The molecule has 7 heteroatoms. The number of hydrogen-bond acceptors (Lipinski definition) is 4. The fourth-order valence-electron chi connectivity index (χ4n) is 1.81. The molecular formula is C11H21NO5S. The molecule has 2 N–H and O–H groups in total. The highest BCUT2D eigenvalue weighted by Crippen LogP contribution is 2.28. The van der Waals surface area contributed by atoms with Crippen LogP contribution in [0.15, 0.2) is 0 Å². The molecule has 1 saturated heterocycles. The Morgan fingerprint density at radius 2 is 2.00 bits per heavy atom. The molecule has 0 atom stereocenters. The third kappa shape index (κ3) is 5.79. The maximum Gasteiger partial charge on any atom is 0.303 e. The Hall–Kier alpha value is -0.660. The third-order valence-corrected chi connectivity index (χ3v) is 4.63. The zero-order valence-electron chi connectivity index (χ0n) is 10.6. The first-order valence-corrected chi connectivity index (χ1v) is 7.75. The van der Waals surface area contributed by atoms with Gasteiger partial charge in [0.15, 0.2) is 0 Å². The van der Waals surface area contributed by atoms with Crippen LogP contribution in [-0.4, -0.2) is 45.0 Å². The Morgan fingerprint density at radius 3 is 2.56 bits per heavy atom. The molecule has 0 spiro atoms. The van der Waals surface area contributed by atoms with E-state index in [0.717, 1.165) is 12.8 Å². The smallest absolute Gasteiger partial charge is 0.303 e. The van der Waals surface area contributed by atoms with Crippen LogP contribution < -0.4 is 4.72 Å². The van der Waals surface area contributed by atoms with Crippen LogP contribution in [0.4, 0.5) is 0 Å². The van der Waals surface area contributed by atoms with Crippen molar-refractivity contribution in [2.45, 2.75) is 32.6 Å². The van der Waals surface area contributed by atoms with E-state index < -0.39 is 16.0 Å². The highest BCUT2D eigenvalue weighted by molar-refractivity contribution is 7.89. The SMILES string of the molecule is CC1(CNS(=O)(=O)CCCC(=O)O)CCOCC1. The van der Waals surface area contributed by atoms with Crippen molar-refractivity contribution in [3.8, 4) is 0 Å². The van der Waals surface area contributed by atoms with Gasteiger partial charge in [0.25, 0.3) is 0 Å². The summed E-state index contributed by atoms with van der Waals surface area (Å²) in [6.07, 6.45) is 1.70. The van der Waals surface area contributed by atoms with Crippen LogP contribution in [-0.2, 0) is 19.6 Å². The van der Waals surface area contributed by atoms with Gasteiger partial charge >= 0.3 is 5.97 Å². The lowest BCUT2D eigenvalue weighted by Gasteiger charge is -2.33. The van der Waals surface area contributed by atoms with Crippen LogP contribution in [0, 0.1) is 5.41 Å². The standard InChI is InChI=1S/C11H21NO5S/c1-11(4-6-17-7-5-11)9-12-18(15,16)8-2-3-10(13)14/h12H,2-9H2,1H3,(H,13,14). The van der Waals surface area contributed by atoms with Gasteiger partial charge in [0, 0.05) is 26.2 Å². The lowest BCUT2D eigenvalue weighted by atomic mass is 9.83. The molecule has 1 rings (SSSR count). The molecule has 6 nitrogen and oxygen atoms in total. The van der Waals surface area contributed by atoms with Gasteiger partial charge in [0.2, 0.25) is 10.0 Å². The molecule has 0 aromatic carbocycles. The molecule has 0 radical (unpaired) electrons. The molecule has 1 aliphatic heterocycles. The van der Waals surface area contributed by atoms with Crippen LogP contribution in [0.2, 0.25) is 0 Å². The second-order valence-electron chi connectivity index (χ2n) is 5.06. The van der Waals surface area contributed by atoms with Crippen LogP contribution >= 0.6 is 0 Å². The first-order chi connectivity index (χ1) is 8.33. The quantitative estimate of drug-likeness (QED) is 0.711. The number of nitrogens with one attached hydrogen (secondary N) is 1. The van der Waals surface area contributed by atoms with Crippen molar-refractivity contribution in [2.75, 3.05) is 25.5 Å². The molecule has 1 aliphatic rings. The Morgan fingerprint density at radius 1 is 1.39 bits per heavy atom. The monoisotopic (exact) mass is 279 g/mol. The van der Waals surface area contributed by atoms with Crippen molar-refractivity contribution in [3.63, 3.8) is 0 Å². The Balaban J connectivity index is 2.34. The number of hydrogen-bond donors (Lipinski definition) is 2. The van der Waals surface area contributed by atoms with E-state index in [4.69, 9.17) is 9.84 Å². The van der Waals surface area contributed by atoms with E-state index in [9.17, 15) is 13.2 Å². The van der Waals surface area contributed by atoms with Crippen LogP contribution in [0.3, 0.4) is 0 Å². The predicted molar refractivity (Wildman–Crippen MR) is 66.8 cm³/mol. The van der Waals surface area contributed by atoms with Gasteiger partial charge in [-0.3, -0.25) is 4.79 Å². The van der Waals surface area contributed by atoms with Crippen molar-refractivity contribution < 1.29 is 23.1 Å². The summed E-state index contributed by atoms with van der Waals surface area (Å²) >= 11 is 0. The highest BCUT2D eigenvalue weighted by atomic mass is 32.2. The molecule has 0 unspecified atom stereocenters. The summed E-state index contributed by atoms with van der Waals surface area (Å²) in [6, 6.07) is 0. The Bertz CT molecular complexity index is 373. The number of sulfonamides is 1. The second-order valence-corrected chi connectivity index (χ2v) is 6.99. The van der Waals surface area contributed by atoms with E-state index in [2.05, 4.69) is 4.72 Å². The van der Waals surface area contributed by atoms with Crippen molar-refractivity contribution >= 4 is 16.0 Å².